The van der Waals surface area contributed by atoms with Crippen molar-refractivity contribution in [1.82, 2.24) is 14.5 Å². The average Bonchev–Trinajstić information content (AvgIpc) is 3.79. The van der Waals surface area contributed by atoms with Crippen molar-refractivity contribution >= 4 is 49.3 Å². The van der Waals surface area contributed by atoms with Gasteiger partial charge in [-0.3, -0.25) is 0 Å². The van der Waals surface area contributed by atoms with Crippen LogP contribution in [-0.4, -0.2) is 14.8 Å². The molecular weight excluding hydrogens is 681 g/mol. The van der Waals surface area contributed by atoms with Crippen LogP contribution in [0.5, 0.6) is 0 Å². The molecule has 0 bridgehead atoms. The number of fused-ring (bicyclic) bond motifs is 6. The topological polar surface area (TPSA) is 34.2 Å². The Labute approximate surface area is 324 Å². The van der Waals surface area contributed by atoms with Gasteiger partial charge in [0.2, 0.25) is 6.29 Å². The van der Waals surface area contributed by atoms with Crippen LogP contribution in [0.25, 0.3) is 82.7 Å². The van der Waals surface area contributed by atoms with E-state index in [0.717, 1.165) is 28.0 Å². The molecule has 0 fully saturated rings. The van der Waals surface area contributed by atoms with Crippen molar-refractivity contribution < 1.29 is 0 Å². The highest BCUT2D eigenvalue weighted by molar-refractivity contribution is 6.13. The van der Waals surface area contributed by atoms with E-state index in [-0.39, 0.29) is 6.29 Å². The molecule has 56 heavy (non-hydrogen) atoms. The van der Waals surface area contributed by atoms with Crippen molar-refractivity contribution in [2.45, 2.75) is 6.29 Å². The molecule has 4 heteroatoms. The third-order valence-corrected chi connectivity index (χ3v) is 11.2. The quantitative estimate of drug-likeness (QED) is 0.183. The van der Waals surface area contributed by atoms with Gasteiger partial charge in [-0.05, 0) is 88.0 Å². The lowest BCUT2D eigenvalue weighted by molar-refractivity contribution is 0.499. The second kappa shape index (κ2) is 13.2. The summed E-state index contributed by atoms with van der Waals surface area (Å²) < 4.78 is 4.72. The molecule has 1 N–H and O–H groups in total. The van der Waals surface area contributed by atoms with E-state index in [9.17, 15) is 0 Å². The lowest BCUT2D eigenvalue weighted by Crippen LogP contribution is -2.25. The summed E-state index contributed by atoms with van der Waals surface area (Å²) in [4.78, 5) is 5.37. The molecule has 3 heterocycles. The Bertz CT molecular complexity index is 3150. The predicted octanol–water partition coefficient (Wildman–Crippen LogP) is 13.0. The fourth-order valence-corrected chi connectivity index (χ4v) is 8.52. The first-order valence-corrected chi connectivity index (χ1v) is 19.2. The zero-order valence-corrected chi connectivity index (χ0v) is 30.5. The number of hydrogen-bond acceptors (Lipinski definition) is 2. The number of aliphatic imine (C=N–C) groups is 1. The van der Waals surface area contributed by atoms with Gasteiger partial charge in [0.15, 0.2) is 0 Å². The molecule has 11 rings (SSSR count). The van der Waals surface area contributed by atoms with Gasteiger partial charge in [0.05, 0.1) is 27.8 Å². The maximum Gasteiger partial charge on any atom is 0.201 e. The van der Waals surface area contributed by atoms with E-state index in [2.05, 4.69) is 215 Å². The molecule has 4 nitrogen and oxygen atoms in total. The molecular formula is C52H36N4. The highest BCUT2D eigenvalue weighted by Crippen LogP contribution is 2.38. The summed E-state index contributed by atoms with van der Waals surface area (Å²) in [5.41, 5.74) is 15.0. The van der Waals surface area contributed by atoms with Crippen molar-refractivity contribution in [1.29, 1.82) is 0 Å². The molecule has 0 radical (unpaired) electrons. The number of nitrogens with zero attached hydrogens (tertiary/aromatic N) is 3. The van der Waals surface area contributed by atoms with Crippen molar-refractivity contribution in [3.8, 4) is 39.1 Å². The molecule has 1 unspecified atom stereocenters. The Kier molecular flexibility index (Phi) is 7.52. The van der Waals surface area contributed by atoms with E-state index in [1.807, 2.05) is 6.20 Å². The number of nitrogens with one attached hydrogen (secondary N) is 1. The van der Waals surface area contributed by atoms with Crippen molar-refractivity contribution in [3.05, 3.63) is 212 Å². The molecule has 0 saturated carbocycles. The van der Waals surface area contributed by atoms with Gasteiger partial charge in [-0.2, -0.15) is 0 Å². The van der Waals surface area contributed by atoms with E-state index >= 15 is 0 Å². The minimum Gasteiger partial charge on any atom is -0.353 e. The van der Waals surface area contributed by atoms with E-state index in [1.54, 1.807) is 0 Å². The normalized spacial score (nSPS) is 14.1. The Morgan fingerprint density at radius 1 is 0.375 bits per heavy atom. The Morgan fingerprint density at radius 3 is 1.71 bits per heavy atom. The maximum atomic E-state index is 5.37. The Balaban J connectivity index is 0.990. The summed E-state index contributed by atoms with van der Waals surface area (Å²) in [5, 5.41) is 8.50. The second-order valence-corrected chi connectivity index (χ2v) is 14.5. The lowest BCUT2D eigenvalue weighted by Gasteiger charge is -2.22. The number of rotatable bonds is 6. The molecule has 0 spiro atoms. The minimum absolute atomic E-state index is 0.326. The van der Waals surface area contributed by atoms with E-state index < -0.39 is 0 Å². The molecule has 0 saturated heterocycles. The smallest absolute Gasteiger partial charge is 0.201 e. The fourth-order valence-electron chi connectivity index (χ4n) is 8.52. The number of hydrogen-bond donors (Lipinski definition) is 1. The van der Waals surface area contributed by atoms with Gasteiger partial charge < -0.3 is 14.5 Å². The third-order valence-electron chi connectivity index (χ3n) is 11.2. The zero-order valence-electron chi connectivity index (χ0n) is 30.5. The summed E-state index contributed by atoms with van der Waals surface area (Å²) in [6, 6.07) is 69.8. The average molecular weight is 717 g/mol. The monoisotopic (exact) mass is 716 g/mol. The summed E-state index contributed by atoms with van der Waals surface area (Å²) >= 11 is 0. The third kappa shape index (κ3) is 5.34. The van der Waals surface area contributed by atoms with Crippen molar-refractivity contribution in [3.63, 3.8) is 0 Å². The zero-order chi connectivity index (χ0) is 37.0. The van der Waals surface area contributed by atoms with Gasteiger partial charge in [0.25, 0.3) is 0 Å². The molecule has 1 atom stereocenters. The first kappa shape index (κ1) is 32.0. The molecule has 10 aromatic rings. The number of benzene rings is 8. The molecule has 0 aliphatic carbocycles. The van der Waals surface area contributed by atoms with Gasteiger partial charge in [0, 0.05) is 39.0 Å². The van der Waals surface area contributed by atoms with Crippen LogP contribution in [0.15, 0.2) is 211 Å². The first-order valence-electron chi connectivity index (χ1n) is 19.2. The van der Waals surface area contributed by atoms with Gasteiger partial charge >= 0.3 is 0 Å². The Morgan fingerprint density at radius 2 is 0.911 bits per heavy atom. The SMILES string of the molecule is C1=CC(c2cccc(-c3ccc(-c4ccccc4)cc3)c2)=NC(n2c3ccccc3c3ccc(-c4ccc5c(c4)c4ccccc4n5-c4ccccc4)cc32)N1. The van der Waals surface area contributed by atoms with Gasteiger partial charge in [-0.1, -0.05) is 146 Å². The summed E-state index contributed by atoms with van der Waals surface area (Å²) in [6.07, 6.45) is 3.79. The first-order chi connectivity index (χ1) is 27.8. The van der Waals surface area contributed by atoms with Crippen molar-refractivity contribution in [2.24, 2.45) is 4.99 Å². The molecule has 8 aromatic carbocycles. The maximum absolute atomic E-state index is 5.37. The minimum atomic E-state index is -0.326. The summed E-state index contributed by atoms with van der Waals surface area (Å²) in [5.74, 6) is 0. The van der Waals surface area contributed by atoms with E-state index in [1.165, 1.54) is 66.0 Å². The van der Waals surface area contributed by atoms with E-state index in [0.29, 0.717) is 0 Å². The van der Waals surface area contributed by atoms with Crippen molar-refractivity contribution in [2.75, 3.05) is 0 Å². The van der Waals surface area contributed by atoms with Gasteiger partial charge in [-0.25, -0.2) is 4.99 Å². The van der Waals surface area contributed by atoms with Crippen LogP contribution in [0.1, 0.15) is 11.9 Å². The molecule has 0 amide bonds. The molecule has 1 aliphatic rings. The summed E-state index contributed by atoms with van der Waals surface area (Å²) in [6.45, 7) is 0. The fraction of sp³-hybridized carbons (Fsp3) is 0.0192. The van der Waals surface area contributed by atoms with Crippen LogP contribution in [0, 0.1) is 0 Å². The van der Waals surface area contributed by atoms with Crippen LogP contribution >= 0.6 is 0 Å². The number of para-hydroxylation sites is 3. The number of aromatic nitrogens is 2. The second-order valence-electron chi connectivity index (χ2n) is 14.5. The lowest BCUT2D eigenvalue weighted by atomic mass is 9.98. The van der Waals surface area contributed by atoms with Crippen LogP contribution in [0.2, 0.25) is 0 Å². The van der Waals surface area contributed by atoms with Crippen LogP contribution in [-0.2, 0) is 0 Å². The predicted molar refractivity (Wildman–Crippen MR) is 234 cm³/mol. The van der Waals surface area contributed by atoms with Crippen LogP contribution in [0.3, 0.4) is 0 Å². The summed E-state index contributed by atoms with van der Waals surface area (Å²) in [7, 11) is 0. The molecule has 2 aromatic heterocycles. The van der Waals surface area contributed by atoms with Gasteiger partial charge in [0.1, 0.15) is 0 Å². The molecule has 264 valence electrons. The Hall–Kier alpha value is -7.43. The van der Waals surface area contributed by atoms with E-state index in [4.69, 9.17) is 4.99 Å². The molecule has 1 aliphatic heterocycles. The highest BCUT2D eigenvalue weighted by atomic mass is 15.3. The van der Waals surface area contributed by atoms with Crippen LogP contribution < -0.4 is 5.32 Å². The van der Waals surface area contributed by atoms with Gasteiger partial charge in [-0.15, -0.1) is 0 Å². The van der Waals surface area contributed by atoms with Crippen LogP contribution in [0.4, 0.5) is 0 Å². The largest absolute Gasteiger partial charge is 0.353 e. The standard InChI is InChI=1S/C52H36N4/c1-3-12-35(13-4-1)36-22-24-37(25-23-36)38-14-11-15-41(32-38)47-30-31-53-52(54-47)56-49-21-10-7-18-43(49)45-28-26-40(34-51(45)56)39-27-29-50-46(33-39)44-19-8-9-20-48(44)55(50)42-16-5-2-6-17-42/h1-34,52-53H. The number of allylic oxidation sites excluding steroid dienone is 1. The highest BCUT2D eigenvalue weighted by Gasteiger charge is 2.21.